The quantitative estimate of drug-likeness (QED) is 0.314. The molecule has 0 spiro atoms. The van der Waals surface area contributed by atoms with Gasteiger partial charge in [-0.15, -0.1) is 0 Å². The number of hydrogen-bond donors (Lipinski definition) is 1. The third kappa shape index (κ3) is 7.91. The molecule has 1 N–H and O–H groups in total. The van der Waals surface area contributed by atoms with Gasteiger partial charge in [0, 0.05) is 22.7 Å². The highest BCUT2D eigenvalue weighted by Crippen LogP contribution is 2.22. The third-order valence-corrected chi connectivity index (χ3v) is 6.51. The van der Waals surface area contributed by atoms with Gasteiger partial charge in [-0.1, -0.05) is 56.3 Å². The van der Waals surface area contributed by atoms with Gasteiger partial charge in [-0.2, -0.15) is 0 Å². The van der Waals surface area contributed by atoms with Crippen LogP contribution in [0.25, 0.3) is 0 Å². The van der Waals surface area contributed by atoms with Crippen molar-refractivity contribution in [1.29, 1.82) is 0 Å². The molecule has 0 aliphatic carbocycles. The van der Waals surface area contributed by atoms with Crippen molar-refractivity contribution in [3.8, 4) is 5.75 Å². The van der Waals surface area contributed by atoms with Gasteiger partial charge >= 0.3 is 0 Å². The molecule has 32 heavy (non-hydrogen) atoms. The molecule has 5 heteroatoms. The summed E-state index contributed by atoms with van der Waals surface area (Å²) in [5.41, 5.74) is 1.24. The summed E-state index contributed by atoms with van der Waals surface area (Å²) >= 11 is 5.92. The minimum absolute atomic E-state index is 0.0336. The van der Waals surface area contributed by atoms with Crippen LogP contribution in [-0.4, -0.2) is 48.1 Å². The molecule has 0 saturated carbocycles. The van der Waals surface area contributed by atoms with E-state index in [4.69, 9.17) is 16.3 Å². The van der Waals surface area contributed by atoms with E-state index < -0.39 is 0 Å². The number of likely N-dealkylation sites (tertiary alicyclic amines) is 1. The van der Waals surface area contributed by atoms with E-state index in [2.05, 4.69) is 11.8 Å². The van der Waals surface area contributed by atoms with Crippen LogP contribution in [0.5, 0.6) is 5.75 Å². The zero-order chi connectivity index (χ0) is 22.8. The average molecular weight is 458 g/mol. The van der Waals surface area contributed by atoms with Crippen LogP contribution in [0.15, 0.2) is 48.5 Å². The van der Waals surface area contributed by atoms with Crippen LogP contribution in [0, 0.1) is 5.92 Å². The summed E-state index contributed by atoms with van der Waals surface area (Å²) in [6.07, 6.45) is 7.69. The van der Waals surface area contributed by atoms with Gasteiger partial charge in [0.2, 0.25) is 0 Å². The molecule has 4 nitrogen and oxygen atoms in total. The number of piperidine rings is 1. The number of carbonyl (C=O) groups is 1. The van der Waals surface area contributed by atoms with E-state index in [-0.39, 0.29) is 11.9 Å². The number of hydrogen-bond acceptors (Lipinski definition) is 4. The molecule has 1 aliphatic heterocycles. The van der Waals surface area contributed by atoms with Crippen molar-refractivity contribution in [1.82, 2.24) is 4.90 Å². The summed E-state index contributed by atoms with van der Waals surface area (Å²) in [4.78, 5) is 15.1. The van der Waals surface area contributed by atoms with Crippen molar-refractivity contribution in [2.75, 3.05) is 26.2 Å². The number of β-amino-alcohol motifs (C(OH)–C–C–N with tert-alkyl or cyclic N) is 1. The first kappa shape index (κ1) is 24.8. The smallest absolute Gasteiger partial charge is 0.193 e. The summed E-state index contributed by atoms with van der Waals surface area (Å²) in [6.45, 7) is 5.67. The second-order valence-corrected chi connectivity index (χ2v) is 9.36. The lowest BCUT2D eigenvalue weighted by molar-refractivity contribution is 0.0735. The number of ether oxygens (including phenoxy) is 1. The fourth-order valence-corrected chi connectivity index (χ4v) is 4.37. The fraction of sp³-hybridized carbons (Fsp3) is 0.519. The monoisotopic (exact) mass is 457 g/mol. The van der Waals surface area contributed by atoms with Gasteiger partial charge in [0.05, 0.1) is 12.7 Å². The lowest BCUT2D eigenvalue weighted by atomic mass is 9.97. The molecule has 1 aliphatic rings. The number of carbonyl (C=O) groups excluding carboxylic acids is 1. The van der Waals surface area contributed by atoms with Gasteiger partial charge in [0.25, 0.3) is 0 Å². The number of unbranched alkanes of at least 4 members (excludes halogenated alkanes) is 3. The summed E-state index contributed by atoms with van der Waals surface area (Å²) in [6, 6.07) is 14.4. The van der Waals surface area contributed by atoms with Gasteiger partial charge in [-0.05, 0) is 74.7 Å². The summed E-state index contributed by atoms with van der Waals surface area (Å²) in [5, 5.41) is 10.9. The molecule has 2 aromatic carbocycles. The second-order valence-electron chi connectivity index (χ2n) is 8.92. The summed E-state index contributed by atoms with van der Waals surface area (Å²) in [5.74, 6) is 1.20. The number of ketones is 1. The van der Waals surface area contributed by atoms with Crippen molar-refractivity contribution in [3.05, 3.63) is 64.7 Å². The first-order valence-corrected chi connectivity index (χ1v) is 12.4. The Morgan fingerprint density at radius 1 is 1.09 bits per heavy atom. The van der Waals surface area contributed by atoms with Gasteiger partial charge in [0.1, 0.15) is 5.75 Å². The first-order chi connectivity index (χ1) is 15.5. The van der Waals surface area contributed by atoms with Crippen LogP contribution >= 0.6 is 11.6 Å². The van der Waals surface area contributed by atoms with Gasteiger partial charge in [0.15, 0.2) is 5.78 Å². The van der Waals surface area contributed by atoms with Crippen molar-refractivity contribution >= 4 is 17.4 Å². The van der Waals surface area contributed by atoms with Crippen molar-refractivity contribution in [2.45, 2.75) is 58.0 Å². The van der Waals surface area contributed by atoms with Crippen LogP contribution in [-0.2, 0) is 0 Å². The van der Waals surface area contributed by atoms with Crippen LogP contribution < -0.4 is 4.74 Å². The molecule has 1 fully saturated rings. The number of rotatable bonds is 12. The molecule has 1 atom stereocenters. The van der Waals surface area contributed by atoms with E-state index >= 15 is 0 Å². The lowest BCUT2D eigenvalue weighted by Crippen LogP contribution is -2.40. The minimum atomic E-state index is -0.208. The Kier molecular flexibility index (Phi) is 10.0. The molecule has 0 unspecified atom stereocenters. The second kappa shape index (κ2) is 13.0. The lowest BCUT2D eigenvalue weighted by Gasteiger charge is -2.33. The van der Waals surface area contributed by atoms with E-state index in [1.165, 1.54) is 19.3 Å². The molecule has 1 saturated heterocycles. The topological polar surface area (TPSA) is 49.8 Å². The Bertz CT molecular complexity index is 831. The van der Waals surface area contributed by atoms with E-state index in [9.17, 15) is 9.90 Å². The Morgan fingerprint density at radius 2 is 1.84 bits per heavy atom. The highest BCUT2D eigenvalue weighted by molar-refractivity contribution is 6.30. The fourth-order valence-electron chi connectivity index (χ4n) is 4.24. The predicted molar refractivity (Wildman–Crippen MR) is 131 cm³/mol. The van der Waals surface area contributed by atoms with Crippen LogP contribution in [0.3, 0.4) is 0 Å². The largest absolute Gasteiger partial charge is 0.493 e. The molecule has 174 valence electrons. The molecular weight excluding hydrogens is 422 g/mol. The van der Waals surface area contributed by atoms with E-state index in [1.54, 1.807) is 24.3 Å². The van der Waals surface area contributed by atoms with Crippen LogP contribution in [0.4, 0.5) is 0 Å². The number of nitrogens with zero attached hydrogens (tertiary/aromatic N) is 1. The maximum absolute atomic E-state index is 12.7. The van der Waals surface area contributed by atoms with E-state index in [1.807, 2.05) is 24.3 Å². The third-order valence-electron chi connectivity index (χ3n) is 6.26. The number of aliphatic hydroxyl groups is 1. The van der Waals surface area contributed by atoms with Crippen molar-refractivity contribution in [3.63, 3.8) is 0 Å². The number of aliphatic hydroxyl groups excluding tert-OH is 1. The normalized spacial score (nSPS) is 16.1. The van der Waals surface area contributed by atoms with E-state index in [0.29, 0.717) is 28.7 Å². The molecule has 3 rings (SSSR count). The predicted octanol–water partition coefficient (Wildman–Crippen LogP) is 5.99. The Balaban J connectivity index is 1.41. The highest BCUT2D eigenvalue weighted by atomic mass is 35.5. The molecule has 2 aromatic rings. The number of benzene rings is 2. The van der Waals surface area contributed by atoms with E-state index in [0.717, 1.165) is 51.1 Å². The zero-order valence-corrected chi connectivity index (χ0v) is 19.9. The Morgan fingerprint density at radius 3 is 2.56 bits per heavy atom. The Hall–Kier alpha value is -1.88. The maximum Gasteiger partial charge on any atom is 0.193 e. The van der Waals surface area contributed by atoms with Gasteiger partial charge < -0.3 is 14.7 Å². The molecule has 0 bridgehead atoms. The molecule has 0 amide bonds. The minimum Gasteiger partial charge on any atom is -0.493 e. The van der Waals surface area contributed by atoms with Crippen LogP contribution in [0.2, 0.25) is 5.02 Å². The van der Waals surface area contributed by atoms with Crippen LogP contribution in [0.1, 0.15) is 67.8 Å². The highest BCUT2D eigenvalue weighted by Gasteiger charge is 2.21. The standard InChI is InChI=1S/C27H36ClNO3/c1-2-3-4-5-8-25(30)19-29-16-14-21(15-17-29)20-32-26-9-6-7-23(18-26)27(31)22-10-12-24(28)13-11-22/h6-7,9-13,18,21,25,30H,2-5,8,14-17,19-20H2,1H3/t25-/m0/s1. The van der Waals surface area contributed by atoms with Gasteiger partial charge in [-0.3, -0.25) is 4.79 Å². The molecule has 1 heterocycles. The van der Waals surface area contributed by atoms with Crippen molar-refractivity contribution < 1.29 is 14.6 Å². The Labute approximate surface area is 197 Å². The zero-order valence-electron chi connectivity index (χ0n) is 19.1. The van der Waals surface area contributed by atoms with Crippen molar-refractivity contribution in [2.24, 2.45) is 5.92 Å². The molecule has 0 aromatic heterocycles. The number of halogens is 1. The average Bonchev–Trinajstić information content (AvgIpc) is 2.82. The summed E-state index contributed by atoms with van der Waals surface area (Å²) < 4.78 is 6.04. The summed E-state index contributed by atoms with van der Waals surface area (Å²) in [7, 11) is 0. The van der Waals surface area contributed by atoms with Gasteiger partial charge in [-0.25, -0.2) is 0 Å². The SMILES string of the molecule is CCCCCC[C@H](O)CN1CCC(COc2cccc(C(=O)c3ccc(Cl)cc3)c2)CC1. The maximum atomic E-state index is 12.7. The molecular formula is C27H36ClNO3. The molecule has 0 radical (unpaired) electrons. The first-order valence-electron chi connectivity index (χ1n) is 12.0.